The highest BCUT2D eigenvalue weighted by Crippen LogP contribution is 2.18. The average Bonchev–Trinajstić information content (AvgIpc) is 2.27. The number of pyridine rings is 1. The molecule has 1 atom stereocenters. The molecule has 0 saturated heterocycles. The number of ether oxygens (including phenoxy) is 2. The van der Waals surface area contributed by atoms with Crippen LogP contribution in [0.4, 0.5) is 18.9 Å². The molecule has 1 heterocycles. The van der Waals surface area contributed by atoms with E-state index in [1.807, 2.05) is 6.92 Å². The molecule has 1 rings (SSSR count). The lowest BCUT2D eigenvalue weighted by atomic mass is 10.3. The molecule has 0 bridgehead atoms. The molecule has 1 unspecified atom stereocenters. The van der Waals surface area contributed by atoms with Gasteiger partial charge < -0.3 is 14.8 Å². The quantitative estimate of drug-likeness (QED) is 0.857. The number of methoxy groups -OCH3 is 1. The van der Waals surface area contributed by atoms with Crippen LogP contribution in [0.25, 0.3) is 0 Å². The fourth-order valence-corrected chi connectivity index (χ4v) is 1.28. The van der Waals surface area contributed by atoms with E-state index in [4.69, 9.17) is 4.74 Å². The lowest BCUT2D eigenvalue weighted by molar-refractivity contribution is -0.154. The topological polar surface area (TPSA) is 43.4 Å². The van der Waals surface area contributed by atoms with Crippen molar-refractivity contribution in [3.63, 3.8) is 0 Å². The predicted molar refractivity (Wildman–Crippen MR) is 60.7 cm³/mol. The van der Waals surface area contributed by atoms with Crippen molar-refractivity contribution in [3.05, 3.63) is 18.3 Å². The summed E-state index contributed by atoms with van der Waals surface area (Å²) >= 11 is 0. The maximum atomic E-state index is 11.9. The molecule has 0 aliphatic carbocycles. The number of hydrogen-bond acceptors (Lipinski definition) is 4. The summed E-state index contributed by atoms with van der Waals surface area (Å²) < 4.78 is 45.1. The lowest BCUT2D eigenvalue weighted by Gasteiger charge is -2.14. The van der Waals surface area contributed by atoms with Crippen LogP contribution in [-0.2, 0) is 4.74 Å². The van der Waals surface area contributed by atoms with E-state index in [1.54, 1.807) is 13.2 Å². The molecular weight excluding hydrogens is 249 g/mol. The van der Waals surface area contributed by atoms with Crippen molar-refractivity contribution in [1.29, 1.82) is 0 Å². The summed E-state index contributed by atoms with van der Waals surface area (Å²) in [5.41, 5.74) is 0.693. The van der Waals surface area contributed by atoms with Gasteiger partial charge in [-0.2, -0.15) is 13.2 Å². The van der Waals surface area contributed by atoms with Gasteiger partial charge in [0.15, 0.2) is 6.61 Å². The van der Waals surface area contributed by atoms with Crippen molar-refractivity contribution in [1.82, 2.24) is 4.98 Å². The van der Waals surface area contributed by atoms with Gasteiger partial charge in [-0.15, -0.1) is 0 Å². The smallest absolute Gasteiger partial charge is 0.422 e. The molecular formula is C11H15F3N2O2. The summed E-state index contributed by atoms with van der Waals surface area (Å²) in [6, 6.07) is 3.07. The molecule has 18 heavy (non-hydrogen) atoms. The van der Waals surface area contributed by atoms with Gasteiger partial charge in [0.25, 0.3) is 0 Å². The third-order valence-corrected chi connectivity index (χ3v) is 1.95. The minimum atomic E-state index is -4.36. The number of hydrogen-bond donors (Lipinski definition) is 1. The van der Waals surface area contributed by atoms with E-state index >= 15 is 0 Å². The van der Waals surface area contributed by atoms with E-state index in [0.29, 0.717) is 12.3 Å². The summed E-state index contributed by atoms with van der Waals surface area (Å²) in [6.45, 7) is 1.09. The van der Waals surface area contributed by atoms with Gasteiger partial charge in [-0.25, -0.2) is 4.98 Å². The van der Waals surface area contributed by atoms with Gasteiger partial charge in [-0.05, 0) is 13.0 Å². The molecule has 0 aromatic carbocycles. The Labute approximate surface area is 103 Å². The van der Waals surface area contributed by atoms with Gasteiger partial charge in [-0.1, -0.05) is 0 Å². The van der Waals surface area contributed by atoms with Crippen LogP contribution < -0.4 is 10.1 Å². The molecule has 0 aliphatic heterocycles. The molecule has 0 spiro atoms. The van der Waals surface area contributed by atoms with Gasteiger partial charge in [0, 0.05) is 19.2 Å². The van der Waals surface area contributed by atoms with E-state index in [-0.39, 0.29) is 11.9 Å². The third kappa shape index (κ3) is 5.72. The minimum absolute atomic E-state index is 0.0581. The molecule has 0 saturated carbocycles. The van der Waals surface area contributed by atoms with Gasteiger partial charge >= 0.3 is 6.18 Å². The normalized spacial score (nSPS) is 13.2. The van der Waals surface area contributed by atoms with E-state index in [1.165, 1.54) is 12.3 Å². The molecule has 0 fully saturated rings. The highest BCUT2D eigenvalue weighted by atomic mass is 19.4. The molecule has 1 aromatic rings. The highest BCUT2D eigenvalue weighted by molar-refractivity contribution is 5.42. The zero-order chi connectivity index (χ0) is 13.6. The monoisotopic (exact) mass is 264 g/mol. The third-order valence-electron chi connectivity index (χ3n) is 1.95. The summed E-state index contributed by atoms with van der Waals surface area (Å²) in [4.78, 5) is 3.77. The lowest BCUT2D eigenvalue weighted by Crippen LogP contribution is -2.21. The number of alkyl halides is 3. The van der Waals surface area contributed by atoms with Crippen LogP contribution in [0.1, 0.15) is 6.92 Å². The average molecular weight is 264 g/mol. The molecule has 1 N–H and O–H groups in total. The Morgan fingerprint density at radius 1 is 1.39 bits per heavy atom. The number of anilines is 1. The van der Waals surface area contributed by atoms with Gasteiger partial charge in [-0.3, -0.25) is 0 Å². The fraction of sp³-hybridized carbons (Fsp3) is 0.545. The number of rotatable bonds is 6. The number of halogens is 3. The Morgan fingerprint density at radius 2 is 2.11 bits per heavy atom. The van der Waals surface area contributed by atoms with E-state index in [0.717, 1.165) is 0 Å². The zero-order valence-electron chi connectivity index (χ0n) is 10.1. The Balaban J connectivity index is 2.47. The van der Waals surface area contributed by atoms with Crippen molar-refractivity contribution >= 4 is 5.69 Å². The van der Waals surface area contributed by atoms with Crippen LogP contribution in [-0.4, -0.2) is 37.5 Å². The van der Waals surface area contributed by atoms with Gasteiger partial charge in [0.2, 0.25) is 5.88 Å². The van der Waals surface area contributed by atoms with E-state index in [2.05, 4.69) is 15.0 Å². The van der Waals surface area contributed by atoms with Crippen molar-refractivity contribution in [2.45, 2.75) is 19.1 Å². The van der Waals surface area contributed by atoms with Crippen molar-refractivity contribution in [2.75, 3.05) is 25.6 Å². The van der Waals surface area contributed by atoms with Crippen LogP contribution in [0.5, 0.6) is 5.88 Å². The van der Waals surface area contributed by atoms with E-state index < -0.39 is 12.8 Å². The second-order valence-electron chi connectivity index (χ2n) is 3.79. The molecule has 1 aromatic heterocycles. The molecule has 102 valence electrons. The Bertz CT molecular complexity index is 354. The maximum absolute atomic E-state index is 11.9. The van der Waals surface area contributed by atoms with Crippen LogP contribution in [0.3, 0.4) is 0 Å². The second-order valence-corrected chi connectivity index (χ2v) is 3.79. The molecule has 7 heteroatoms. The summed E-state index contributed by atoms with van der Waals surface area (Å²) in [7, 11) is 1.59. The van der Waals surface area contributed by atoms with Crippen LogP contribution in [0.2, 0.25) is 0 Å². The van der Waals surface area contributed by atoms with E-state index in [9.17, 15) is 13.2 Å². The summed E-state index contributed by atoms with van der Waals surface area (Å²) in [5, 5.41) is 3.08. The summed E-state index contributed by atoms with van der Waals surface area (Å²) in [5.74, 6) is -0.0581. The first-order valence-electron chi connectivity index (χ1n) is 5.32. The Morgan fingerprint density at radius 3 is 2.61 bits per heavy atom. The summed E-state index contributed by atoms with van der Waals surface area (Å²) in [6.07, 6.45) is -2.94. The number of aromatic nitrogens is 1. The van der Waals surface area contributed by atoms with Gasteiger partial charge in [0.05, 0.1) is 18.5 Å². The maximum Gasteiger partial charge on any atom is 0.422 e. The highest BCUT2D eigenvalue weighted by Gasteiger charge is 2.28. The second kappa shape index (κ2) is 6.44. The van der Waals surface area contributed by atoms with Crippen molar-refractivity contribution in [2.24, 2.45) is 0 Å². The number of nitrogens with one attached hydrogen (secondary N) is 1. The molecule has 0 aliphatic rings. The zero-order valence-corrected chi connectivity index (χ0v) is 10.1. The Kier molecular flexibility index (Phi) is 5.21. The SMILES string of the molecule is COCC(C)Nc1ccc(OCC(F)(F)F)nc1. The first-order valence-corrected chi connectivity index (χ1v) is 5.32. The van der Waals surface area contributed by atoms with Crippen LogP contribution >= 0.6 is 0 Å². The predicted octanol–water partition coefficient (Wildman–Crippen LogP) is 2.47. The minimum Gasteiger partial charge on any atom is -0.468 e. The first-order chi connectivity index (χ1) is 8.40. The van der Waals surface area contributed by atoms with Gasteiger partial charge in [0.1, 0.15) is 0 Å². The largest absolute Gasteiger partial charge is 0.468 e. The fourth-order valence-electron chi connectivity index (χ4n) is 1.28. The first kappa shape index (κ1) is 14.6. The number of nitrogens with zero attached hydrogens (tertiary/aromatic N) is 1. The Hall–Kier alpha value is -1.50. The standard InChI is InChI=1S/C11H15F3N2O2/c1-8(6-17-2)16-9-3-4-10(15-5-9)18-7-11(12,13)14/h3-5,8,16H,6-7H2,1-2H3. The van der Waals surface area contributed by atoms with Crippen molar-refractivity contribution in [3.8, 4) is 5.88 Å². The van der Waals surface area contributed by atoms with Crippen LogP contribution in [0, 0.1) is 0 Å². The molecule has 4 nitrogen and oxygen atoms in total. The van der Waals surface area contributed by atoms with Crippen molar-refractivity contribution < 1.29 is 22.6 Å². The molecule has 0 amide bonds. The molecule has 0 radical (unpaired) electrons. The van der Waals surface area contributed by atoms with Crippen LogP contribution in [0.15, 0.2) is 18.3 Å².